The molecule has 58 valence electrons. The number of rotatable bonds is 0. The van der Waals surface area contributed by atoms with Crippen molar-refractivity contribution < 1.29 is 0 Å². The van der Waals surface area contributed by atoms with Crippen LogP contribution >= 0.6 is 0 Å². The van der Waals surface area contributed by atoms with E-state index in [0.717, 1.165) is 0 Å². The van der Waals surface area contributed by atoms with Gasteiger partial charge in [0.15, 0.2) is 0 Å². The number of nitrogens with zero attached hydrogens (tertiary/aromatic N) is 2. The predicted molar refractivity (Wildman–Crippen MR) is 44.7 cm³/mol. The van der Waals surface area contributed by atoms with Crippen molar-refractivity contribution in [2.45, 2.75) is 13.8 Å². The molecule has 0 unspecified atom stereocenters. The van der Waals surface area contributed by atoms with Gasteiger partial charge in [-0.1, -0.05) is 6.07 Å². The van der Waals surface area contributed by atoms with E-state index < -0.39 is 0 Å². The Morgan fingerprint density at radius 1 is 1.18 bits per heavy atom. The molecule has 0 amide bonds. The zero-order valence-electron chi connectivity index (χ0n) is 6.86. The topological polar surface area (TPSA) is 36.7 Å². The molecule has 2 nitrogen and oxygen atoms in total. The fourth-order valence-corrected chi connectivity index (χ4v) is 0.313. The lowest BCUT2D eigenvalue weighted by atomic mass is 10.3. The molecule has 1 rings (SSSR count). The first-order chi connectivity index (χ1) is 5.27. The van der Waals surface area contributed by atoms with Crippen molar-refractivity contribution in [1.29, 1.82) is 5.26 Å². The van der Waals surface area contributed by atoms with Crippen molar-refractivity contribution in [3.8, 4) is 6.07 Å². The van der Waals surface area contributed by atoms with Gasteiger partial charge in [0.1, 0.15) is 0 Å². The molecule has 1 aromatic rings. The summed E-state index contributed by atoms with van der Waals surface area (Å²) in [6, 6.07) is 7.74. The summed E-state index contributed by atoms with van der Waals surface area (Å²) >= 11 is 0. The first-order valence-electron chi connectivity index (χ1n) is 3.52. The average molecular weight is 148 g/mol. The molecule has 1 heterocycles. The van der Waals surface area contributed by atoms with Crippen LogP contribution in [0.15, 0.2) is 30.6 Å². The molecule has 0 saturated heterocycles. The molecule has 0 saturated carbocycles. The van der Waals surface area contributed by atoms with Crippen molar-refractivity contribution in [3.63, 3.8) is 0 Å². The van der Waals surface area contributed by atoms with E-state index in [9.17, 15) is 0 Å². The summed E-state index contributed by atoms with van der Waals surface area (Å²) in [6.07, 6.45) is 3.50. The highest BCUT2D eigenvalue weighted by atomic mass is 14.6. The van der Waals surface area contributed by atoms with Gasteiger partial charge in [-0.05, 0) is 26.0 Å². The summed E-state index contributed by atoms with van der Waals surface area (Å²) in [4.78, 5) is 3.78. The maximum atomic E-state index is 7.89. The lowest BCUT2D eigenvalue weighted by Crippen LogP contribution is -1.72. The van der Waals surface area contributed by atoms with Crippen LogP contribution in [0.2, 0.25) is 0 Å². The summed E-state index contributed by atoms with van der Waals surface area (Å²) in [6.45, 7) is 3.72. The Kier molecular flexibility index (Phi) is 5.92. The highest BCUT2D eigenvalue weighted by molar-refractivity contribution is 4.88. The number of aromatic nitrogens is 1. The maximum absolute atomic E-state index is 7.89. The smallest absolute Gasteiger partial charge is 0.0649 e. The van der Waals surface area contributed by atoms with E-state index in [4.69, 9.17) is 5.26 Å². The molecule has 0 aliphatic heterocycles. The molecule has 11 heavy (non-hydrogen) atoms. The normalized spacial score (nSPS) is 7.82. The fraction of sp³-hybridized carbons (Fsp3) is 0.333. The van der Waals surface area contributed by atoms with E-state index in [-0.39, 0.29) is 5.92 Å². The third-order valence-corrected chi connectivity index (χ3v) is 0.825. The van der Waals surface area contributed by atoms with Gasteiger partial charge in [-0.3, -0.25) is 4.98 Å². The van der Waals surface area contributed by atoms with Crippen LogP contribution in [-0.4, -0.2) is 4.98 Å². The Hall–Kier alpha value is -1.36. The lowest BCUT2D eigenvalue weighted by molar-refractivity contribution is 0.849. The van der Waals surface area contributed by atoms with E-state index >= 15 is 0 Å². The zero-order valence-corrected chi connectivity index (χ0v) is 6.86. The van der Waals surface area contributed by atoms with Gasteiger partial charge >= 0.3 is 0 Å². The third kappa shape index (κ3) is 8.64. The van der Waals surface area contributed by atoms with E-state index in [2.05, 4.69) is 4.98 Å². The number of hydrogen-bond donors (Lipinski definition) is 0. The minimum absolute atomic E-state index is 0.190. The van der Waals surface area contributed by atoms with E-state index in [0.29, 0.717) is 0 Å². The van der Waals surface area contributed by atoms with Gasteiger partial charge in [0, 0.05) is 18.3 Å². The molecular weight excluding hydrogens is 136 g/mol. The van der Waals surface area contributed by atoms with Crippen molar-refractivity contribution >= 4 is 0 Å². The lowest BCUT2D eigenvalue weighted by Gasteiger charge is -1.75. The number of nitriles is 1. The molecule has 0 spiro atoms. The monoisotopic (exact) mass is 148 g/mol. The van der Waals surface area contributed by atoms with Crippen LogP contribution in [0.5, 0.6) is 0 Å². The largest absolute Gasteiger partial charge is 0.265 e. The molecule has 1 aromatic heterocycles. The minimum Gasteiger partial charge on any atom is -0.265 e. The van der Waals surface area contributed by atoms with Gasteiger partial charge in [0.25, 0.3) is 0 Å². The van der Waals surface area contributed by atoms with Crippen molar-refractivity contribution in [3.05, 3.63) is 30.6 Å². The Bertz CT molecular complexity index is 172. The molecule has 0 atom stereocenters. The zero-order chi connectivity index (χ0) is 8.53. The first-order valence-corrected chi connectivity index (χ1v) is 3.52. The third-order valence-electron chi connectivity index (χ3n) is 0.825. The Morgan fingerprint density at radius 3 is 1.73 bits per heavy atom. The van der Waals surface area contributed by atoms with E-state index in [1.54, 1.807) is 12.4 Å². The van der Waals surface area contributed by atoms with Crippen LogP contribution in [0.1, 0.15) is 13.8 Å². The second-order valence-electron chi connectivity index (χ2n) is 2.31. The Balaban J connectivity index is 0.000000187. The predicted octanol–water partition coefficient (Wildman–Crippen LogP) is 2.25. The van der Waals surface area contributed by atoms with Crippen LogP contribution in [0.3, 0.4) is 0 Å². The van der Waals surface area contributed by atoms with Crippen molar-refractivity contribution in [1.82, 2.24) is 4.98 Å². The quantitative estimate of drug-likeness (QED) is 0.565. The van der Waals surface area contributed by atoms with Crippen LogP contribution in [0.25, 0.3) is 0 Å². The molecule has 0 aliphatic rings. The van der Waals surface area contributed by atoms with Crippen LogP contribution in [0, 0.1) is 17.2 Å². The van der Waals surface area contributed by atoms with Crippen molar-refractivity contribution in [2.24, 2.45) is 5.92 Å². The summed E-state index contributed by atoms with van der Waals surface area (Å²) < 4.78 is 0. The number of pyridine rings is 1. The number of hydrogen-bond acceptors (Lipinski definition) is 2. The second kappa shape index (κ2) is 6.76. The van der Waals surface area contributed by atoms with Gasteiger partial charge in [0.05, 0.1) is 6.07 Å². The maximum Gasteiger partial charge on any atom is 0.0649 e. The highest BCUT2D eigenvalue weighted by Gasteiger charge is 1.78. The second-order valence-corrected chi connectivity index (χ2v) is 2.31. The standard InChI is InChI=1S/C5H5N.C4H7N/c1-2-4-6-5-3-1;1-4(2)3-5/h1-5H;4H,1-2H3. The summed E-state index contributed by atoms with van der Waals surface area (Å²) in [5.74, 6) is 0.190. The van der Waals surface area contributed by atoms with Crippen LogP contribution < -0.4 is 0 Å². The summed E-state index contributed by atoms with van der Waals surface area (Å²) in [5.41, 5.74) is 0. The summed E-state index contributed by atoms with van der Waals surface area (Å²) in [7, 11) is 0. The minimum atomic E-state index is 0.190. The SMILES string of the molecule is CC(C)C#N.c1ccncc1. The van der Waals surface area contributed by atoms with E-state index in [1.807, 2.05) is 38.1 Å². The highest BCUT2D eigenvalue weighted by Crippen LogP contribution is 1.81. The molecule has 0 radical (unpaired) electrons. The van der Waals surface area contributed by atoms with E-state index in [1.165, 1.54) is 0 Å². The molecule has 0 aromatic carbocycles. The van der Waals surface area contributed by atoms with Crippen LogP contribution in [-0.2, 0) is 0 Å². The fourth-order valence-electron chi connectivity index (χ4n) is 0.313. The molecular formula is C9H12N2. The first kappa shape index (κ1) is 9.64. The van der Waals surface area contributed by atoms with Gasteiger partial charge < -0.3 is 0 Å². The molecule has 0 fully saturated rings. The van der Waals surface area contributed by atoms with Crippen LogP contribution in [0.4, 0.5) is 0 Å². The molecule has 2 heteroatoms. The van der Waals surface area contributed by atoms with Gasteiger partial charge in [0.2, 0.25) is 0 Å². The summed E-state index contributed by atoms with van der Waals surface area (Å²) in [5, 5.41) is 7.89. The molecule has 0 N–H and O–H groups in total. The van der Waals surface area contributed by atoms with Crippen molar-refractivity contribution in [2.75, 3.05) is 0 Å². The average Bonchev–Trinajstić information content (AvgIpc) is 2.09. The van der Waals surface area contributed by atoms with Gasteiger partial charge in [-0.25, -0.2) is 0 Å². The molecule has 0 aliphatic carbocycles. The molecule has 0 bridgehead atoms. The van der Waals surface area contributed by atoms with Gasteiger partial charge in [-0.15, -0.1) is 0 Å². The van der Waals surface area contributed by atoms with Gasteiger partial charge in [-0.2, -0.15) is 5.26 Å². The Morgan fingerprint density at radius 2 is 1.64 bits per heavy atom. The Labute approximate surface area is 67.5 Å².